The molecule has 0 aromatic heterocycles. The summed E-state index contributed by atoms with van der Waals surface area (Å²) in [5.74, 6) is 0. The van der Waals surface area contributed by atoms with Crippen LogP contribution in [0.15, 0.2) is 0 Å². The molecule has 2 rings (SSSR count). The highest BCUT2D eigenvalue weighted by Crippen LogP contribution is 2.22. The topological polar surface area (TPSA) is 6.48 Å². The third kappa shape index (κ3) is 6.58. The largest absolute Gasteiger partial charge is 0.306 e. The van der Waals surface area contributed by atoms with E-state index < -0.39 is 0 Å². The molecule has 2 heteroatoms. The Labute approximate surface area is 127 Å². The van der Waals surface area contributed by atoms with Crippen molar-refractivity contribution in [3.63, 3.8) is 0 Å². The summed E-state index contributed by atoms with van der Waals surface area (Å²) >= 11 is 0. The predicted octanol–water partition coefficient (Wildman–Crippen LogP) is 4.54. The lowest BCUT2D eigenvalue weighted by Crippen LogP contribution is -2.36. The monoisotopic (exact) mass is 282 g/mol. The van der Waals surface area contributed by atoms with Crippen LogP contribution in [0.2, 0.25) is 0 Å². The van der Waals surface area contributed by atoms with Gasteiger partial charge in [-0.1, -0.05) is 52.4 Å². The van der Waals surface area contributed by atoms with Crippen LogP contribution in [0.3, 0.4) is 0 Å². The molecule has 2 saturated carbocycles. The van der Waals surface area contributed by atoms with Crippen molar-refractivity contribution in [2.75, 3.05) is 27.2 Å². The summed E-state index contributed by atoms with van der Waals surface area (Å²) in [5, 5.41) is 0. The molecule has 0 bridgehead atoms. The lowest BCUT2D eigenvalue weighted by atomic mass is 9.94. The Morgan fingerprint density at radius 3 is 1.35 bits per heavy atom. The smallest absolute Gasteiger partial charge is 0.00950 e. The fourth-order valence-electron chi connectivity index (χ4n) is 3.78. The molecule has 0 heterocycles. The first-order chi connectivity index (χ1) is 9.69. The van der Waals surface area contributed by atoms with E-state index >= 15 is 0 Å². The van der Waals surface area contributed by atoms with Gasteiger partial charge in [0, 0.05) is 12.1 Å². The summed E-state index contributed by atoms with van der Waals surface area (Å²) in [6.07, 6.45) is 14.5. The van der Waals surface area contributed by atoms with Crippen LogP contribution in [0.5, 0.6) is 0 Å². The number of hydrogen-bond acceptors (Lipinski definition) is 2. The first-order valence-electron chi connectivity index (χ1n) is 9.09. The van der Waals surface area contributed by atoms with Gasteiger partial charge in [-0.05, 0) is 52.9 Å². The van der Waals surface area contributed by atoms with E-state index in [0.29, 0.717) is 0 Å². The average Bonchev–Trinajstić information content (AvgIpc) is 2.51. The Hall–Kier alpha value is -0.0800. The van der Waals surface area contributed by atoms with Crippen molar-refractivity contribution in [1.82, 2.24) is 9.80 Å². The standard InChI is InChI=1S/C10H21N.C8H17N/c1-3-11(4-2)10-8-6-5-7-9-10;1-9(2)8-6-4-3-5-7-8/h10H,3-9H2,1-2H3;8H,3-7H2,1-2H3. The molecule has 0 aromatic rings. The van der Waals surface area contributed by atoms with E-state index in [2.05, 4.69) is 37.7 Å². The maximum Gasteiger partial charge on any atom is 0.00950 e. The molecule has 0 aromatic carbocycles. The molecule has 0 spiro atoms. The molecular weight excluding hydrogens is 244 g/mol. The van der Waals surface area contributed by atoms with Gasteiger partial charge < -0.3 is 9.80 Å². The first-order valence-corrected chi connectivity index (χ1v) is 9.09. The molecule has 0 atom stereocenters. The van der Waals surface area contributed by atoms with Crippen LogP contribution >= 0.6 is 0 Å². The molecule has 20 heavy (non-hydrogen) atoms. The summed E-state index contributed by atoms with van der Waals surface area (Å²) in [6.45, 7) is 7.03. The molecule has 2 nitrogen and oxygen atoms in total. The lowest BCUT2D eigenvalue weighted by Gasteiger charge is -2.32. The Kier molecular flexibility index (Phi) is 9.54. The van der Waals surface area contributed by atoms with Crippen molar-refractivity contribution < 1.29 is 0 Å². The van der Waals surface area contributed by atoms with Gasteiger partial charge in [0.2, 0.25) is 0 Å². The van der Waals surface area contributed by atoms with Crippen molar-refractivity contribution in [2.45, 2.75) is 90.1 Å². The zero-order valence-corrected chi connectivity index (χ0v) is 14.5. The molecule has 2 fully saturated rings. The van der Waals surface area contributed by atoms with Crippen LogP contribution in [0, 0.1) is 0 Å². The van der Waals surface area contributed by atoms with E-state index in [1.165, 1.54) is 77.3 Å². The second kappa shape index (κ2) is 10.6. The predicted molar refractivity (Wildman–Crippen MR) is 90.4 cm³/mol. The fourth-order valence-corrected chi connectivity index (χ4v) is 3.78. The molecule has 0 N–H and O–H groups in total. The van der Waals surface area contributed by atoms with Crippen LogP contribution in [-0.4, -0.2) is 49.1 Å². The van der Waals surface area contributed by atoms with E-state index in [1.807, 2.05) is 0 Å². The van der Waals surface area contributed by atoms with Gasteiger partial charge in [0.15, 0.2) is 0 Å². The van der Waals surface area contributed by atoms with E-state index in [-0.39, 0.29) is 0 Å². The van der Waals surface area contributed by atoms with Gasteiger partial charge in [-0.25, -0.2) is 0 Å². The van der Waals surface area contributed by atoms with Crippen molar-refractivity contribution in [3.05, 3.63) is 0 Å². The van der Waals surface area contributed by atoms with Gasteiger partial charge in [0.05, 0.1) is 0 Å². The molecule has 120 valence electrons. The second-order valence-corrected chi connectivity index (χ2v) is 6.77. The van der Waals surface area contributed by atoms with Gasteiger partial charge in [-0.3, -0.25) is 0 Å². The minimum atomic E-state index is 0.888. The van der Waals surface area contributed by atoms with Crippen LogP contribution in [0.1, 0.15) is 78.1 Å². The Morgan fingerprint density at radius 2 is 1.05 bits per heavy atom. The summed E-state index contributed by atoms with van der Waals surface area (Å²) in [5.41, 5.74) is 0. The molecule has 0 amide bonds. The molecule has 0 radical (unpaired) electrons. The fraction of sp³-hybridized carbons (Fsp3) is 1.00. The van der Waals surface area contributed by atoms with Crippen LogP contribution in [0.25, 0.3) is 0 Å². The van der Waals surface area contributed by atoms with Gasteiger partial charge in [0.25, 0.3) is 0 Å². The van der Waals surface area contributed by atoms with Crippen molar-refractivity contribution in [2.24, 2.45) is 0 Å². The molecule has 0 saturated heterocycles. The van der Waals surface area contributed by atoms with Crippen molar-refractivity contribution in [3.8, 4) is 0 Å². The van der Waals surface area contributed by atoms with E-state index in [4.69, 9.17) is 0 Å². The van der Waals surface area contributed by atoms with Gasteiger partial charge in [-0.2, -0.15) is 0 Å². The Balaban J connectivity index is 0.000000204. The maximum atomic E-state index is 2.61. The highest BCUT2D eigenvalue weighted by atomic mass is 15.1. The third-order valence-corrected chi connectivity index (χ3v) is 5.21. The quantitative estimate of drug-likeness (QED) is 0.747. The maximum absolute atomic E-state index is 2.61. The number of nitrogens with zero attached hydrogens (tertiary/aromatic N) is 2. The average molecular weight is 283 g/mol. The van der Waals surface area contributed by atoms with E-state index in [9.17, 15) is 0 Å². The SMILES string of the molecule is CCN(CC)C1CCCCC1.CN(C)C1CCCCC1. The Bertz CT molecular complexity index is 211. The molecule has 0 unspecified atom stereocenters. The number of rotatable bonds is 4. The van der Waals surface area contributed by atoms with Gasteiger partial charge >= 0.3 is 0 Å². The normalized spacial score (nSPS) is 21.9. The molecule has 2 aliphatic carbocycles. The van der Waals surface area contributed by atoms with E-state index in [1.54, 1.807) is 0 Å². The van der Waals surface area contributed by atoms with Crippen LogP contribution in [-0.2, 0) is 0 Å². The van der Waals surface area contributed by atoms with Gasteiger partial charge in [0.1, 0.15) is 0 Å². The highest BCUT2D eigenvalue weighted by Gasteiger charge is 2.17. The zero-order chi connectivity index (χ0) is 14.8. The highest BCUT2D eigenvalue weighted by molar-refractivity contribution is 4.74. The van der Waals surface area contributed by atoms with Crippen LogP contribution < -0.4 is 0 Å². The van der Waals surface area contributed by atoms with Gasteiger partial charge in [-0.15, -0.1) is 0 Å². The summed E-state index contributed by atoms with van der Waals surface area (Å²) in [7, 11) is 4.38. The van der Waals surface area contributed by atoms with Crippen LogP contribution in [0.4, 0.5) is 0 Å². The molecule has 0 aliphatic heterocycles. The molecule has 2 aliphatic rings. The number of hydrogen-bond donors (Lipinski definition) is 0. The summed E-state index contributed by atoms with van der Waals surface area (Å²) in [4.78, 5) is 4.97. The third-order valence-electron chi connectivity index (χ3n) is 5.21. The summed E-state index contributed by atoms with van der Waals surface area (Å²) < 4.78 is 0. The minimum absolute atomic E-state index is 0.888. The first kappa shape index (κ1) is 18.0. The minimum Gasteiger partial charge on any atom is -0.306 e. The zero-order valence-electron chi connectivity index (χ0n) is 14.5. The second-order valence-electron chi connectivity index (χ2n) is 6.77. The van der Waals surface area contributed by atoms with E-state index in [0.717, 1.165) is 12.1 Å². The summed E-state index contributed by atoms with van der Waals surface area (Å²) in [6, 6.07) is 1.80. The lowest BCUT2D eigenvalue weighted by molar-refractivity contribution is 0.172. The van der Waals surface area contributed by atoms with Crippen molar-refractivity contribution in [1.29, 1.82) is 0 Å². The Morgan fingerprint density at radius 1 is 0.650 bits per heavy atom. The van der Waals surface area contributed by atoms with Crippen molar-refractivity contribution >= 4 is 0 Å². The molecular formula is C18H38N2.